The predicted molar refractivity (Wildman–Crippen MR) is 84.3 cm³/mol. The Morgan fingerprint density at radius 1 is 1.26 bits per heavy atom. The second-order valence-electron chi connectivity index (χ2n) is 4.99. The number of carbonyl (C=O) groups excluding carboxylic acids is 1. The van der Waals surface area contributed by atoms with Gasteiger partial charge < -0.3 is 10.6 Å². The highest BCUT2D eigenvalue weighted by Crippen LogP contribution is 2.19. The van der Waals surface area contributed by atoms with Crippen molar-refractivity contribution in [3.05, 3.63) is 54.1 Å². The molecule has 0 aliphatic rings. The lowest BCUT2D eigenvalue weighted by molar-refractivity contribution is 0.249. The topological polar surface area (TPSA) is 88.2 Å². The summed E-state index contributed by atoms with van der Waals surface area (Å²) in [6.45, 7) is 1.76. The fraction of sp³-hybridized carbons (Fsp3) is 0.200. The number of hydrogen-bond acceptors (Lipinski definition) is 4. The zero-order valence-electron chi connectivity index (χ0n) is 12.6. The summed E-state index contributed by atoms with van der Waals surface area (Å²) in [6, 6.07) is 7.85. The maximum Gasteiger partial charge on any atom is 0.319 e. The molecule has 0 radical (unpaired) electrons. The van der Waals surface area contributed by atoms with Gasteiger partial charge in [0.1, 0.15) is 10.7 Å². The van der Waals surface area contributed by atoms with Gasteiger partial charge in [0.25, 0.3) is 0 Å². The van der Waals surface area contributed by atoms with E-state index < -0.39 is 26.6 Å². The minimum Gasteiger partial charge on any atom is -0.330 e. The quantitative estimate of drug-likeness (QED) is 0.897. The third-order valence-electron chi connectivity index (χ3n) is 3.07. The molecular formula is C15H16FN3O3S. The third kappa shape index (κ3) is 4.49. The second kappa shape index (κ2) is 6.74. The Labute approximate surface area is 133 Å². The van der Waals surface area contributed by atoms with Crippen molar-refractivity contribution in [2.75, 3.05) is 11.6 Å². The minimum absolute atomic E-state index is 0.153. The zero-order chi connectivity index (χ0) is 17.0. The molecule has 6 nitrogen and oxygen atoms in total. The van der Waals surface area contributed by atoms with E-state index >= 15 is 0 Å². The summed E-state index contributed by atoms with van der Waals surface area (Å²) in [5.41, 5.74) is 0.835. The second-order valence-corrected chi connectivity index (χ2v) is 6.98. The number of nitrogens with zero attached hydrogens (tertiary/aromatic N) is 1. The van der Waals surface area contributed by atoms with E-state index in [2.05, 4.69) is 15.6 Å². The number of nitrogens with one attached hydrogen (secondary N) is 2. The minimum atomic E-state index is -3.65. The van der Waals surface area contributed by atoms with Gasteiger partial charge in [0.2, 0.25) is 0 Å². The Bertz CT molecular complexity index is 810. The number of hydrogen-bond donors (Lipinski definition) is 2. The molecule has 1 heterocycles. The molecule has 2 rings (SSSR count). The van der Waals surface area contributed by atoms with Crippen molar-refractivity contribution in [1.29, 1.82) is 0 Å². The normalized spacial score (nSPS) is 12.5. The molecule has 0 aliphatic carbocycles. The summed E-state index contributed by atoms with van der Waals surface area (Å²) in [5, 5.41) is 5.11. The van der Waals surface area contributed by atoms with Crippen LogP contribution in [0.25, 0.3) is 0 Å². The summed E-state index contributed by atoms with van der Waals surface area (Å²) in [5.74, 6) is -0.914. The molecule has 0 unspecified atom stereocenters. The average molecular weight is 337 g/mol. The number of sulfone groups is 1. The van der Waals surface area contributed by atoms with E-state index in [0.29, 0.717) is 5.69 Å². The monoisotopic (exact) mass is 337 g/mol. The van der Waals surface area contributed by atoms with Crippen LogP contribution in [-0.2, 0) is 9.84 Å². The predicted octanol–water partition coefficient (Wildman–Crippen LogP) is 2.51. The number of halogens is 1. The van der Waals surface area contributed by atoms with E-state index in [1.165, 1.54) is 6.07 Å². The molecule has 2 aromatic rings. The Hall–Kier alpha value is -2.48. The summed E-state index contributed by atoms with van der Waals surface area (Å²) >= 11 is 0. The van der Waals surface area contributed by atoms with Gasteiger partial charge >= 0.3 is 6.03 Å². The van der Waals surface area contributed by atoms with Crippen molar-refractivity contribution in [3.63, 3.8) is 0 Å². The molecule has 23 heavy (non-hydrogen) atoms. The van der Waals surface area contributed by atoms with Crippen LogP contribution >= 0.6 is 0 Å². The Kier molecular flexibility index (Phi) is 4.95. The molecule has 0 saturated heterocycles. The molecule has 0 saturated carbocycles. The van der Waals surface area contributed by atoms with E-state index in [0.717, 1.165) is 18.4 Å². The van der Waals surface area contributed by atoms with Crippen molar-refractivity contribution >= 4 is 21.6 Å². The molecule has 2 N–H and O–H groups in total. The highest BCUT2D eigenvalue weighted by Gasteiger charge is 2.15. The largest absolute Gasteiger partial charge is 0.330 e. The fourth-order valence-corrected chi connectivity index (χ4v) is 2.68. The van der Waals surface area contributed by atoms with E-state index in [-0.39, 0.29) is 11.7 Å². The van der Waals surface area contributed by atoms with Gasteiger partial charge in [-0.3, -0.25) is 4.98 Å². The summed E-state index contributed by atoms with van der Waals surface area (Å²) in [7, 11) is -3.65. The van der Waals surface area contributed by atoms with Gasteiger partial charge in [-0.2, -0.15) is 0 Å². The number of pyridine rings is 1. The Morgan fingerprint density at radius 3 is 2.57 bits per heavy atom. The van der Waals surface area contributed by atoms with Crippen molar-refractivity contribution < 1.29 is 17.6 Å². The lowest BCUT2D eigenvalue weighted by Gasteiger charge is -2.14. The molecule has 8 heteroatoms. The van der Waals surface area contributed by atoms with Crippen molar-refractivity contribution in [3.8, 4) is 0 Å². The first kappa shape index (κ1) is 16.9. The summed E-state index contributed by atoms with van der Waals surface area (Å²) in [6.07, 6.45) is 2.53. The molecule has 1 aromatic carbocycles. The highest BCUT2D eigenvalue weighted by atomic mass is 32.2. The van der Waals surface area contributed by atoms with Gasteiger partial charge in [-0.05, 0) is 37.3 Å². The van der Waals surface area contributed by atoms with E-state index in [1.807, 2.05) is 0 Å². The third-order valence-corrected chi connectivity index (χ3v) is 4.20. The maximum atomic E-state index is 13.8. The zero-order valence-corrected chi connectivity index (χ0v) is 13.4. The van der Waals surface area contributed by atoms with Crippen LogP contribution in [0.15, 0.2) is 47.5 Å². The number of anilines is 1. The lowest BCUT2D eigenvalue weighted by atomic mass is 10.2. The summed E-state index contributed by atoms with van der Waals surface area (Å²) in [4.78, 5) is 15.6. The van der Waals surface area contributed by atoms with Gasteiger partial charge in [-0.15, -0.1) is 0 Å². The fourth-order valence-electron chi connectivity index (χ4n) is 1.95. The molecule has 122 valence electrons. The van der Waals surface area contributed by atoms with Crippen LogP contribution in [-0.4, -0.2) is 25.7 Å². The lowest BCUT2D eigenvalue weighted by Crippen LogP contribution is -2.31. The smallest absolute Gasteiger partial charge is 0.319 e. The molecule has 0 bridgehead atoms. The van der Waals surface area contributed by atoms with Crippen molar-refractivity contribution in [2.45, 2.75) is 17.9 Å². The van der Waals surface area contributed by atoms with Gasteiger partial charge in [-0.1, -0.05) is 6.07 Å². The molecule has 0 aliphatic heterocycles. The number of benzene rings is 1. The highest BCUT2D eigenvalue weighted by molar-refractivity contribution is 7.90. The molecule has 0 spiro atoms. The van der Waals surface area contributed by atoms with E-state index in [4.69, 9.17) is 0 Å². The summed E-state index contributed by atoms with van der Waals surface area (Å²) < 4.78 is 36.4. The van der Waals surface area contributed by atoms with Gasteiger partial charge in [0, 0.05) is 18.1 Å². The maximum absolute atomic E-state index is 13.8. The van der Waals surface area contributed by atoms with Crippen LogP contribution in [0.4, 0.5) is 14.9 Å². The first-order valence-electron chi connectivity index (χ1n) is 6.75. The first-order chi connectivity index (χ1) is 10.8. The van der Waals surface area contributed by atoms with E-state index in [9.17, 15) is 17.6 Å². The van der Waals surface area contributed by atoms with Crippen LogP contribution in [0.5, 0.6) is 0 Å². The molecule has 0 fully saturated rings. The molecule has 2 amide bonds. The number of aromatic nitrogens is 1. The van der Waals surface area contributed by atoms with Crippen LogP contribution in [0, 0.1) is 5.82 Å². The number of rotatable bonds is 4. The first-order valence-corrected chi connectivity index (χ1v) is 8.64. The molecule has 1 aromatic heterocycles. The van der Waals surface area contributed by atoms with Gasteiger partial charge in [-0.25, -0.2) is 17.6 Å². The van der Waals surface area contributed by atoms with E-state index in [1.54, 1.807) is 31.3 Å². The van der Waals surface area contributed by atoms with Gasteiger partial charge in [0.15, 0.2) is 9.84 Å². The van der Waals surface area contributed by atoms with Crippen LogP contribution in [0.3, 0.4) is 0 Å². The number of carbonyl (C=O) groups is 1. The van der Waals surface area contributed by atoms with Gasteiger partial charge in [0.05, 0.1) is 11.7 Å². The number of urea groups is 1. The molecule has 1 atom stereocenters. The Balaban J connectivity index is 2.05. The SMILES string of the molecule is C[C@H](NC(=O)Nc1ccc(S(C)(=O)=O)c(F)c1)c1ccccn1. The van der Waals surface area contributed by atoms with Crippen molar-refractivity contribution in [1.82, 2.24) is 10.3 Å². The number of amides is 2. The standard InChI is InChI=1S/C15H16FN3O3S/c1-10(13-5-3-4-8-17-13)18-15(20)19-11-6-7-14(12(16)9-11)23(2,21)22/h3-10H,1-2H3,(H2,18,19,20)/t10-/m0/s1. The average Bonchev–Trinajstić information content (AvgIpc) is 2.46. The van der Waals surface area contributed by atoms with Crippen LogP contribution in [0.1, 0.15) is 18.7 Å². The van der Waals surface area contributed by atoms with Crippen molar-refractivity contribution in [2.24, 2.45) is 0 Å². The molecular weight excluding hydrogens is 321 g/mol. The van der Waals surface area contributed by atoms with Crippen LogP contribution in [0.2, 0.25) is 0 Å². The van der Waals surface area contributed by atoms with Crippen LogP contribution < -0.4 is 10.6 Å². The Morgan fingerprint density at radius 2 is 2.00 bits per heavy atom.